The maximum absolute atomic E-state index is 2.43. The van der Waals surface area contributed by atoms with Gasteiger partial charge in [0.25, 0.3) is 0 Å². The highest BCUT2D eigenvalue weighted by atomic mass is 32.1. The van der Waals surface area contributed by atoms with Gasteiger partial charge in [-0.25, -0.2) is 0 Å². The van der Waals surface area contributed by atoms with Crippen LogP contribution >= 0.6 is 22.7 Å². The number of nitrogens with zero attached hydrogens (tertiary/aromatic N) is 1. The highest BCUT2D eigenvalue weighted by Gasteiger charge is 2.19. The summed E-state index contributed by atoms with van der Waals surface area (Å²) < 4.78 is 5.27. The molecule has 3 heteroatoms. The van der Waals surface area contributed by atoms with Gasteiger partial charge in [0.05, 0.1) is 5.69 Å². The molecule has 2 heterocycles. The summed E-state index contributed by atoms with van der Waals surface area (Å²) in [6.45, 7) is 0. The summed E-state index contributed by atoms with van der Waals surface area (Å²) in [6, 6.07) is 69.2. The van der Waals surface area contributed by atoms with Gasteiger partial charge >= 0.3 is 0 Å². The average molecular weight is 710 g/mol. The third kappa shape index (κ3) is 4.97. The largest absolute Gasteiger partial charge is 0.310 e. The Kier molecular flexibility index (Phi) is 6.97. The van der Waals surface area contributed by atoms with Crippen LogP contribution < -0.4 is 4.90 Å². The molecule has 0 bridgehead atoms. The Balaban J connectivity index is 1.06. The fourth-order valence-corrected chi connectivity index (χ4v) is 10.4. The van der Waals surface area contributed by atoms with Crippen molar-refractivity contribution in [3.05, 3.63) is 188 Å². The van der Waals surface area contributed by atoms with Crippen molar-refractivity contribution in [2.45, 2.75) is 0 Å². The number of hydrogen-bond acceptors (Lipinski definition) is 3. The van der Waals surface area contributed by atoms with Crippen molar-refractivity contribution >= 4 is 102 Å². The summed E-state index contributed by atoms with van der Waals surface area (Å²) in [5, 5.41) is 10.3. The third-order valence-corrected chi connectivity index (χ3v) is 12.9. The second-order valence-electron chi connectivity index (χ2n) is 13.7. The Morgan fingerprint density at radius 3 is 1.58 bits per heavy atom. The van der Waals surface area contributed by atoms with Gasteiger partial charge in [0.1, 0.15) is 0 Å². The number of rotatable bonds is 5. The van der Waals surface area contributed by atoms with E-state index in [0.29, 0.717) is 0 Å². The van der Waals surface area contributed by atoms with Crippen LogP contribution in [-0.4, -0.2) is 0 Å². The van der Waals surface area contributed by atoms with Gasteiger partial charge in [0.2, 0.25) is 0 Å². The molecular formula is C50H31NS2. The minimum Gasteiger partial charge on any atom is -0.310 e. The Morgan fingerprint density at radius 1 is 0.321 bits per heavy atom. The van der Waals surface area contributed by atoms with Gasteiger partial charge in [-0.15, -0.1) is 22.7 Å². The molecule has 0 N–H and O–H groups in total. The molecule has 11 aromatic rings. The molecule has 0 atom stereocenters. The quantitative estimate of drug-likeness (QED) is 0.172. The van der Waals surface area contributed by atoms with E-state index in [0.717, 1.165) is 11.4 Å². The van der Waals surface area contributed by atoms with E-state index >= 15 is 0 Å². The van der Waals surface area contributed by atoms with Crippen LogP contribution in [0.2, 0.25) is 0 Å². The van der Waals surface area contributed by atoms with E-state index in [1.165, 1.54) is 89.8 Å². The van der Waals surface area contributed by atoms with Crippen LogP contribution in [0.25, 0.3) is 84.1 Å². The van der Waals surface area contributed by atoms with Gasteiger partial charge in [-0.2, -0.15) is 0 Å². The predicted molar refractivity (Wildman–Crippen MR) is 233 cm³/mol. The molecule has 1 nitrogen and oxygen atoms in total. The maximum Gasteiger partial charge on any atom is 0.0554 e. The number of anilines is 3. The van der Waals surface area contributed by atoms with Gasteiger partial charge in [-0.1, -0.05) is 127 Å². The first-order chi connectivity index (χ1) is 26.3. The smallest absolute Gasteiger partial charge is 0.0554 e. The molecule has 0 amide bonds. The molecule has 0 aliphatic carbocycles. The molecule has 11 rings (SSSR count). The molecule has 0 aliphatic rings. The molecule has 0 radical (unpaired) electrons. The van der Waals surface area contributed by atoms with Crippen LogP contribution in [0.5, 0.6) is 0 Å². The first-order valence-corrected chi connectivity index (χ1v) is 19.6. The van der Waals surface area contributed by atoms with Crippen molar-refractivity contribution < 1.29 is 0 Å². The van der Waals surface area contributed by atoms with E-state index in [9.17, 15) is 0 Å². The van der Waals surface area contributed by atoms with E-state index in [1.807, 2.05) is 22.7 Å². The summed E-state index contributed by atoms with van der Waals surface area (Å²) in [6.07, 6.45) is 0. The highest BCUT2D eigenvalue weighted by molar-refractivity contribution is 7.26. The molecule has 248 valence electrons. The lowest BCUT2D eigenvalue weighted by atomic mass is 9.96. The maximum atomic E-state index is 2.43. The van der Waals surface area contributed by atoms with Crippen molar-refractivity contribution in [2.24, 2.45) is 0 Å². The fourth-order valence-electron chi connectivity index (χ4n) is 8.17. The minimum absolute atomic E-state index is 1.13. The molecular weight excluding hydrogens is 679 g/mol. The summed E-state index contributed by atoms with van der Waals surface area (Å²) in [5.41, 5.74) is 8.36. The topological polar surface area (TPSA) is 3.24 Å². The summed E-state index contributed by atoms with van der Waals surface area (Å²) >= 11 is 3.74. The van der Waals surface area contributed by atoms with Crippen molar-refractivity contribution in [1.29, 1.82) is 0 Å². The molecule has 0 fully saturated rings. The van der Waals surface area contributed by atoms with Crippen molar-refractivity contribution in [3.8, 4) is 22.3 Å². The lowest BCUT2D eigenvalue weighted by molar-refractivity contribution is 1.30. The molecule has 0 aliphatic heterocycles. The van der Waals surface area contributed by atoms with E-state index in [4.69, 9.17) is 0 Å². The Bertz CT molecular complexity index is 3160. The fraction of sp³-hybridized carbons (Fsp3) is 0. The zero-order valence-electron chi connectivity index (χ0n) is 28.7. The lowest BCUT2D eigenvalue weighted by Crippen LogP contribution is -2.10. The number of hydrogen-bond donors (Lipinski definition) is 0. The van der Waals surface area contributed by atoms with E-state index in [2.05, 4.69) is 193 Å². The zero-order valence-corrected chi connectivity index (χ0v) is 30.3. The van der Waals surface area contributed by atoms with Crippen LogP contribution in [0, 0.1) is 0 Å². The highest BCUT2D eigenvalue weighted by Crippen LogP contribution is 2.46. The van der Waals surface area contributed by atoms with Crippen LogP contribution in [0.4, 0.5) is 17.1 Å². The van der Waals surface area contributed by atoms with Crippen LogP contribution in [0.15, 0.2) is 188 Å². The molecule has 53 heavy (non-hydrogen) atoms. The first-order valence-electron chi connectivity index (χ1n) is 18.0. The molecule has 9 aromatic carbocycles. The number of thiophene rings is 2. The van der Waals surface area contributed by atoms with Crippen LogP contribution in [0.3, 0.4) is 0 Å². The SMILES string of the molecule is c1ccc2c(-c3ccc(N(c4ccc(-c5cccc6cc7sc8ccccc8c7cc56)cc4)c4cccc5sc6ccccc6c45)cc3)cccc2c1. The van der Waals surface area contributed by atoms with Crippen LogP contribution in [0.1, 0.15) is 0 Å². The van der Waals surface area contributed by atoms with E-state index in [1.54, 1.807) is 0 Å². The lowest BCUT2D eigenvalue weighted by Gasteiger charge is -2.27. The molecule has 0 unspecified atom stereocenters. The van der Waals surface area contributed by atoms with Crippen molar-refractivity contribution in [1.82, 2.24) is 0 Å². The van der Waals surface area contributed by atoms with Crippen molar-refractivity contribution in [2.75, 3.05) is 4.90 Å². The Labute approximate surface area is 315 Å². The Morgan fingerprint density at radius 2 is 0.849 bits per heavy atom. The van der Waals surface area contributed by atoms with E-state index < -0.39 is 0 Å². The minimum atomic E-state index is 1.13. The average Bonchev–Trinajstić information content (AvgIpc) is 3.79. The van der Waals surface area contributed by atoms with Gasteiger partial charge in [-0.05, 0) is 104 Å². The monoisotopic (exact) mass is 709 g/mol. The summed E-state index contributed by atoms with van der Waals surface area (Å²) in [5.74, 6) is 0. The summed E-state index contributed by atoms with van der Waals surface area (Å²) in [7, 11) is 0. The Hall–Kier alpha value is -6.26. The standard InChI is InChI=1S/C50H31NS2/c1-2-13-38-32(10-1)11-7-16-39(38)33-22-26-36(27-23-33)51(45-18-9-21-48-50(45)42-15-4-6-20-47(42)52-48)37-28-24-34(25-29-37)40-17-8-12-35-30-49-44(31-43(35)40)41-14-3-5-19-46(41)53-49/h1-31H. The van der Waals surface area contributed by atoms with Crippen LogP contribution in [-0.2, 0) is 0 Å². The molecule has 0 spiro atoms. The van der Waals surface area contributed by atoms with Gasteiger partial charge in [0.15, 0.2) is 0 Å². The molecule has 0 saturated heterocycles. The molecule has 2 aromatic heterocycles. The summed E-state index contributed by atoms with van der Waals surface area (Å²) in [4.78, 5) is 2.43. The third-order valence-electron chi connectivity index (χ3n) is 10.7. The second-order valence-corrected chi connectivity index (χ2v) is 15.8. The first kappa shape index (κ1) is 30.4. The van der Waals surface area contributed by atoms with Gasteiger partial charge < -0.3 is 4.90 Å². The number of benzene rings is 9. The van der Waals surface area contributed by atoms with E-state index in [-0.39, 0.29) is 0 Å². The zero-order chi connectivity index (χ0) is 34.9. The normalized spacial score (nSPS) is 11.8. The van der Waals surface area contributed by atoms with Gasteiger partial charge in [-0.3, -0.25) is 0 Å². The number of fused-ring (bicyclic) bond motifs is 8. The molecule has 0 saturated carbocycles. The predicted octanol–water partition coefficient (Wildman–Crippen LogP) is 15.5. The second kappa shape index (κ2) is 12.2. The van der Waals surface area contributed by atoms with Crippen molar-refractivity contribution in [3.63, 3.8) is 0 Å². The van der Waals surface area contributed by atoms with Gasteiger partial charge in [0, 0.05) is 51.7 Å².